The van der Waals surface area contributed by atoms with Crippen LogP contribution in [0, 0.1) is 13.8 Å². The highest BCUT2D eigenvalue weighted by Crippen LogP contribution is 2.32. The van der Waals surface area contributed by atoms with E-state index in [0.29, 0.717) is 36.0 Å². The zero-order valence-electron chi connectivity index (χ0n) is 25.6. The van der Waals surface area contributed by atoms with Crippen molar-refractivity contribution in [3.63, 3.8) is 0 Å². The van der Waals surface area contributed by atoms with Gasteiger partial charge in [-0.2, -0.15) is 0 Å². The number of benzene rings is 4. The molecule has 9 heteroatoms. The Hall–Kier alpha value is -4.79. The number of hydrogen-bond acceptors (Lipinski definition) is 6. The maximum Gasteiger partial charge on any atom is 0.253 e. The van der Waals surface area contributed by atoms with Crippen molar-refractivity contribution in [2.45, 2.75) is 45.9 Å². The predicted molar refractivity (Wildman–Crippen MR) is 178 cm³/mol. The molecule has 0 saturated heterocycles. The fourth-order valence-electron chi connectivity index (χ4n) is 5.79. The molecule has 0 aliphatic rings. The van der Waals surface area contributed by atoms with E-state index in [0.717, 1.165) is 45.3 Å². The molecule has 228 valence electrons. The number of nitrogens with one attached hydrogen (secondary N) is 1. The fraction of sp³-hybridized carbons (Fsp3) is 0.222. The van der Waals surface area contributed by atoms with Gasteiger partial charge in [-0.1, -0.05) is 84.4 Å². The molecule has 0 saturated carbocycles. The number of aryl methyl sites for hydroxylation is 4. The lowest BCUT2D eigenvalue weighted by Gasteiger charge is -2.31. The average molecular weight is 619 g/mol. The number of methoxy groups -OCH3 is 1. The molecule has 0 amide bonds. The minimum Gasteiger partial charge on any atom is -0.497 e. The van der Waals surface area contributed by atoms with E-state index >= 15 is 0 Å². The molecule has 1 N–H and O–H groups in total. The van der Waals surface area contributed by atoms with Gasteiger partial charge in [0.05, 0.1) is 12.6 Å². The van der Waals surface area contributed by atoms with E-state index in [9.17, 15) is 4.79 Å². The maximum absolute atomic E-state index is 14.1. The first-order valence-corrected chi connectivity index (χ1v) is 15.3. The van der Waals surface area contributed by atoms with E-state index in [1.165, 1.54) is 5.56 Å². The van der Waals surface area contributed by atoms with Crippen LogP contribution in [0.15, 0.2) is 102 Å². The second kappa shape index (κ2) is 13.5. The minimum absolute atomic E-state index is 0.183. The van der Waals surface area contributed by atoms with Gasteiger partial charge in [0, 0.05) is 35.6 Å². The maximum atomic E-state index is 14.1. The summed E-state index contributed by atoms with van der Waals surface area (Å²) in [6, 6.07) is 31.5. The van der Waals surface area contributed by atoms with E-state index in [-0.39, 0.29) is 5.56 Å². The van der Waals surface area contributed by atoms with Gasteiger partial charge in [-0.3, -0.25) is 9.69 Å². The molecule has 0 aliphatic carbocycles. The topological polar surface area (TPSA) is 88.9 Å². The van der Waals surface area contributed by atoms with Crippen molar-refractivity contribution >= 4 is 22.5 Å². The van der Waals surface area contributed by atoms with Gasteiger partial charge >= 0.3 is 0 Å². The average Bonchev–Trinajstić information content (AvgIpc) is 3.52. The molecule has 2 heterocycles. The van der Waals surface area contributed by atoms with Gasteiger partial charge in [-0.05, 0) is 82.8 Å². The molecule has 45 heavy (non-hydrogen) atoms. The van der Waals surface area contributed by atoms with Gasteiger partial charge in [0.2, 0.25) is 0 Å². The summed E-state index contributed by atoms with van der Waals surface area (Å²) in [4.78, 5) is 19.5. The first kappa shape index (κ1) is 30.2. The van der Waals surface area contributed by atoms with E-state index in [1.807, 2.05) is 90.5 Å². The Morgan fingerprint density at radius 1 is 0.889 bits per heavy atom. The Balaban J connectivity index is 1.52. The predicted octanol–water partition coefficient (Wildman–Crippen LogP) is 6.83. The summed E-state index contributed by atoms with van der Waals surface area (Å²) >= 11 is 6.73. The van der Waals surface area contributed by atoms with Crippen molar-refractivity contribution in [3.05, 3.63) is 152 Å². The fourth-order valence-corrected chi connectivity index (χ4v) is 5.98. The van der Waals surface area contributed by atoms with Crippen LogP contribution in [0.2, 0.25) is 5.02 Å². The van der Waals surface area contributed by atoms with Crippen molar-refractivity contribution in [1.29, 1.82) is 0 Å². The molecule has 0 bridgehead atoms. The Morgan fingerprint density at radius 3 is 2.38 bits per heavy atom. The quantitative estimate of drug-likeness (QED) is 0.171. The number of pyridine rings is 1. The lowest BCUT2D eigenvalue weighted by atomic mass is 9.98. The minimum atomic E-state index is -0.595. The van der Waals surface area contributed by atoms with Crippen molar-refractivity contribution in [2.24, 2.45) is 0 Å². The number of hydrogen-bond donors (Lipinski definition) is 1. The molecule has 8 nitrogen and oxygen atoms in total. The summed E-state index contributed by atoms with van der Waals surface area (Å²) in [5.74, 6) is 1.36. The molecule has 6 rings (SSSR count). The normalized spacial score (nSPS) is 12.1. The van der Waals surface area contributed by atoms with Crippen LogP contribution in [0.1, 0.15) is 45.2 Å². The molecule has 4 aromatic carbocycles. The Bertz CT molecular complexity index is 1970. The molecule has 0 aliphatic heterocycles. The smallest absolute Gasteiger partial charge is 0.253 e. The Kier molecular flexibility index (Phi) is 9.05. The highest BCUT2D eigenvalue weighted by atomic mass is 35.5. The molecular weight excluding hydrogens is 584 g/mol. The van der Waals surface area contributed by atoms with Crippen LogP contribution in [0.3, 0.4) is 0 Å². The number of halogens is 1. The zero-order chi connectivity index (χ0) is 31.3. The summed E-state index contributed by atoms with van der Waals surface area (Å²) in [6.45, 7) is 5.56. The molecule has 1 unspecified atom stereocenters. The van der Waals surface area contributed by atoms with Crippen molar-refractivity contribution in [3.8, 4) is 5.75 Å². The Morgan fingerprint density at radius 2 is 1.62 bits per heavy atom. The lowest BCUT2D eigenvalue weighted by Crippen LogP contribution is -2.35. The SMILES string of the molecule is COc1ccc(CN(Cc2ccccc2Cl)C(c2cc3c(C)ccc(C)c3[nH]c2=O)c2nnnn2CCc2ccccc2)cc1. The molecule has 2 aromatic heterocycles. The number of aromatic amines is 1. The summed E-state index contributed by atoms with van der Waals surface area (Å²) in [6.07, 6.45) is 0.737. The third-order valence-electron chi connectivity index (χ3n) is 8.27. The number of nitrogens with zero attached hydrogens (tertiary/aromatic N) is 5. The van der Waals surface area contributed by atoms with Gasteiger partial charge < -0.3 is 9.72 Å². The van der Waals surface area contributed by atoms with E-state index < -0.39 is 6.04 Å². The van der Waals surface area contributed by atoms with Crippen LogP contribution in [0.25, 0.3) is 10.9 Å². The van der Waals surface area contributed by atoms with Crippen molar-refractivity contribution < 1.29 is 4.74 Å². The van der Waals surface area contributed by atoms with Gasteiger partial charge in [0.15, 0.2) is 5.82 Å². The van der Waals surface area contributed by atoms with Crippen LogP contribution in [0.4, 0.5) is 0 Å². The molecular formula is C36H35ClN6O2. The molecule has 1 atom stereocenters. The zero-order valence-corrected chi connectivity index (χ0v) is 26.3. The molecule has 6 aromatic rings. The second-order valence-corrected chi connectivity index (χ2v) is 11.7. The Labute approximate surface area is 267 Å². The van der Waals surface area contributed by atoms with Gasteiger partial charge in [0.25, 0.3) is 5.56 Å². The van der Waals surface area contributed by atoms with E-state index in [1.54, 1.807) is 7.11 Å². The first-order valence-electron chi connectivity index (χ1n) is 14.9. The van der Waals surface area contributed by atoms with Gasteiger partial charge in [-0.25, -0.2) is 4.68 Å². The van der Waals surface area contributed by atoms with Crippen LogP contribution in [-0.2, 0) is 26.1 Å². The van der Waals surface area contributed by atoms with Crippen LogP contribution < -0.4 is 10.3 Å². The van der Waals surface area contributed by atoms with E-state index in [2.05, 4.69) is 50.5 Å². The number of ether oxygens (including phenoxy) is 1. The number of aromatic nitrogens is 5. The van der Waals surface area contributed by atoms with Crippen LogP contribution in [0.5, 0.6) is 5.75 Å². The lowest BCUT2D eigenvalue weighted by molar-refractivity contribution is 0.193. The highest BCUT2D eigenvalue weighted by Gasteiger charge is 2.31. The third-order valence-corrected chi connectivity index (χ3v) is 8.64. The monoisotopic (exact) mass is 618 g/mol. The number of tetrazole rings is 1. The summed E-state index contributed by atoms with van der Waals surface area (Å²) in [5, 5.41) is 14.7. The van der Waals surface area contributed by atoms with Gasteiger partial charge in [0.1, 0.15) is 11.8 Å². The summed E-state index contributed by atoms with van der Waals surface area (Å²) in [5.41, 5.74) is 6.45. The highest BCUT2D eigenvalue weighted by molar-refractivity contribution is 6.31. The largest absolute Gasteiger partial charge is 0.497 e. The summed E-state index contributed by atoms with van der Waals surface area (Å²) in [7, 11) is 1.65. The molecule has 0 spiro atoms. The number of rotatable bonds is 11. The standard InChI is InChI=1S/C36H35ClN6O2/c1-24-13-14-25(2)33-30(24)21-31(36(44)38-33)34(35-39-40-41-43(35)20-19-26-9-5-4-6-10-26)42(23-28-11-7-8-12-32(28)37)22-27-15-17-29(45-3)18-16-27/h4-18,21,34H,19-20,22-23H2,1-3H3,(H,38,44). The third kappa shape index (κ3) is 6.67. The second-order valence-electron chi connectivity index (χ2n) is 11.3. The van der Waals surface area contributed by atoms with Crippen LogP contribution in [-0.4, -0.2) is 37.2 Å². The van der Waals surface area contributed by atoms with Crippen molar-refractivity contribution in [1.82, 2.24) is 30.1 Å². The van der Waals surface area contributed by atoms with Crippen molar-refractivity contribution in [2.75, 3.05) is 7.11 Å². The number of fused-ring (bicyclic) bond motifs is 1. The van der Waals surface area contributed by atoms with Gasteiger partial charge in [-0.15, -0.1) is 5.10 Å². The first-order chi connectivity index (χ1) is 21.9. The van der Waals surface area contributed by atoms with Crippen LogP contribution >= 0.6 is 11.6 Å². The number of H-pyrrole nitrogens is 1. The molecule has 0 fully saturated rings. The summed E-state index contributed by atoms with van der Waals surface area (Å²) < 4.78 is 7.23. The van der Waals surface area contributed by atoms with E-state index in [4.69, 9.17) is 16.3 Å². The molecule has 0 radical (unpaired) electrons.